The van der Waals surface area contributed by atoms with Crippen LogP contribution in [0.5, 0.6) is 5.75 Å². The van der Waals surface area contributed by atoms with Crippen LogP contribution in [0.2, 0.25) is 5.15 Å². The van der Waals surface area contributed by atoms with E-state index >= 15 is 0 Å². The van der Waals surface area contributed by atoms with Crippen molar-refractivity contribution in [1.29, 1.82) is 0 Å². The lowest BCUT2D eigenvalue weighted by Crippen LogP contribution is -2.42. The van der Waals surface area contributed by atoms with Crippen LogP contribution in [0.3, 0.4) is 0 Å². The Balaban J connectivity index is 1.73. The predicted octanol–water partition coefficient (Wildman–Crippen LogP) is 3.87. The van der Waals surface area contributed by atoms with Gasteiger partial charge in [-0.3, -0.25) is 0 Å². The lowest BCUT2D eigenvalue weighted by atomic mass is 9.98. The maximum atomic E-state index is 6.50. The molecule has 0 amide bonds. The van der Waals surface area contributed by atoms with Gasteiger partial charge >= 0.3 is 0 Å². The number of hydrogen-bond acceptors (Lipinski definition) is 5. The van der Waals surface area contributed by atoms with Crippen LogP contribution in [0.25, 0.3) is 5.69 Å². The molecule has 3 aromatic rings. The van der Waals surface area contributed by atoms with E-state index in [-0.39, 0.29) is 6.04 Å². The van der Waals surface area contributed by atoms with Gasteiger partial charge in [-0.05, 0) is 55.8 Å². The minimum atomic E-state index is 0.120. The Kier molecular flexibility index (Phi) is 4.02. The largest absolute Gasteiger partial charge is 0.497 e. The van der Waals surface area contributed by atoms with E-state index in [4.69, 9.17) is 16.3 Å². The molecule has 6 nitrogen and oxygen atoms in total. The first-order valence-electron chi connectivity index (χ1n) is 9.12. The molecule has 0 radical (unpaired) electrons. The van der Waals surface area contributed by atoms with Gasteiger partial charge < -0.3 is 19.5 Å². The second-order valence-electron chi connectivity index (χ2n) is 6.86. The molecule has 2 atom stereocenters. The van der Waals surface area contributed by atoms with Gasteiger partial charge in [-0.2, -0.15) is 0 Å². The van der Waals surface area contributed by atoms with Crippen molar-refractivity contribution in [3.05, 3.63) is 59.8 Å². The van der Waals surface area contributed by atoms with Crippen LogP contribution in [0.1, 0.15) is 24.6 Å². The number of hydrogen-bond donors (Lipinski definition) is 1. The first-order valence-corrected chi connectivity index (χ1v) is 9.50. The number of methoxy groups -OCH3 is 1. The second-order valence-corrected chi connectivity index (χ2v) is 7.21. The molecular weight excluding hydrogens is 362 g/mol. The van der Waals surface area contributed by atoms with Crippen LogP contribution in [-0.2, 0) is 0 Å². The molecule has 0 aliphatic carbocycles. The normalized spacial score (nSPS) is 21.0. The first-order chi connectivity index (χ1) is 13.3. The van der Waals surface area contributed by atoms with Crippen molar-refractivity contribution in [2.75, 3.05) is 18.6 Å². The summed E-state index contributed by atoms with van der Waals surface area (Å²) in [6.45, 7) is 1.04. The van der Waals surface area contributed by atoms with Crippen LogP contribution in [0.4, 0.5) is 11.5 Å². The highest BCUT2D eigenvalue weighted by Gasteiger charge is 2.40. The monoisotopic (exact) mass is 381 g/mol. The van der Waals surface area contributed by atoms with Crippen LogP contribution in [0.15, 0.2) is 48.9 Å². The number of fused-ring (bicyclic) bond motifs is 3. The van der Waals surface area contributed by atoms with Crippen molar-refractivity contribution in [2.24, 2.45) is 0 Å². The highest BCUT2D eigenvalue weighted by Crippen LogP contribution is 2.46. The molecule has 0 unspecified atom stereocenters. The summed E-state index contributed by atoms with van der Waals surface area (Å²) in [5.74, 6) is 1.65. The summed E-state index contributed by atoms with van der Waals surface area (Å²) >= 11 is 6.50. The Morgan fingerprint density at radius 2 is 2.04 bits per heavy atom. The third kappa shape index (κ3) is 2.59. The van der Waals surface area contributed by atoms with Gasteiger partial charge in [0.1, 0.15) is 17.8 Å². The zero-order valence-corrected chi connectivity index (χ0v) is 15.7. The topological polar surface area (TPSA) is 55.2 Å². The Morgan fingerprint density at radius 3 is 2.78 bits per heavy atom. The van der Waals surface area contributed by atoms with E-state index in [2.05, 4.69) is 49.0 Å². The van der Waals surface area contributed by atoms with Crippen LogP contribution in [-0.4, -0.2) is 34.2 Å². The van der Waals surface area contributed by atoms with Gasteiger partial charge in [0.05, 0.1) is 13.2 Å². The molecule has 1 aromatic carbocycles. The van der Waals surface area contributed by atoms with E-state index < -0.39 is 0 Å². The molecule has 2 aliphatic heterocycles. The Bertz CT molecular complexity index is 965. The minimum absolute atomic E-state index is 0.120. The van der Waals surface area contributed by atoms with Crippen molar-refractivity contribution in [1.82, 2.24) is 19.9 Å². The fourth-order valence-electron chi connectivity index (χ4n) is 4.23. The number of rotatable bonds is 3. The van der Waals surface area contributed by atoms with Crippen molar-refractivity contribution in [3.63, 3.8) is 0 Å². The molecule has 1 N–H and O–H groups in total. The van der Waals surface area contributed by atoms with E-state index in [0.717, 1.165) is 35.9 Å². The predicted molar refractivity (Wildman–Crippen MR) is 105 cm³/mol. The average molecular weight is 382 g/mol. The first kappa shape index (κ1) is 16.6. The fourth-order valence-corrected chi connectivity index (χ4v) is 4.45. The van der Waals surface area contributed by atoms with Crippen molar-refractivity contribution >= 4 is 23.1 Å². The molecular formula is C20H20ClN5O. The molecule has 2 aromatic heterocycles. The lowest BCUT2D eigenvalue weighted by molar-refractivity contribution is 0.414. The summed E-state index contributed by atoms with van der Waals surface area (Å²) in [7, 11) is 1.68. The number of nitrogens with zero attached hydrogens (tertiary/aromatic N) is 4. The van der Waals surface area contributed by atoms with Crippen LogP contribution < -0.4 is 15.0 Å². The van der Waals surface area contributed by atoms with Crippen molar-refractivity contribution < 1.29 is 4.74 Å². The molecule has 7 heteroatoms. The maximum Gasteiger partial charge on any atom is 0.163 e. The third-order valence-corrected chi connectivity index (χ3v) is 5.70. The summed E-state index contributed by atoms with van der Waals surface area (Å²) < 4.78 is 7.46. The van der Waals surface area contributed by atoms with E-state index in [1.807, 2.05) is 18.3 Å². The number of benzene rings is 1. The van der Waals surface area contributed by atoms with E-state index in [1.165, 1.54) is 18.4 Å². The van der Waals surface area contributed by atoms with Gasteiger partial charge in [0, 0.05) is 23.6 Å². The van der Waals surface area contributed by atoms with Gasteiger partial charge in [0.15, 0.2) is 11.0 Å². The van der Waals surface area contributed by atoms with Crippen LogP contribution in [0, 0.1) is 0 Å². The zero-order chi connectivity index (χ0) is 18.4. The van der Waals surface area contributed by atoms with Crippen molar-refractivity contribution in [2.45, 2.75) is 24.9 Å². The molecule has 1 fully saturated rings. The lowest BCUT2D eigenvalue weighted by Gasteiger charge is -2.41. The van der Waals surface area contributed by atoms with Gasteiger partial charge in [-0.15, -0.1) is 0 Å². The van der Waals surface area contributed by atoms with Gasteiger partial charge in [-0.1, -0.05) is 11.6 Å². The average Bonchev–Trinajstić information content (AvgIpc) is 3.39. The molecule has 5 rings (SSSR count). The Morgan fingerprint density at radius 1 is 1.19 bits per heavy atom. The van der Waals surface area contributed by atoms with Crippen molar-refractivity contribution in [3.8, 4) is 11.4 Å². The number of aromatic nitrogens is 3. The Labute approximate surface area is 162 Å². The smallest absolute Gasteiger partial charge is 0.163 e. The molecule has 0 bridgehead atoms. The molecule has 4 heterocycles. The van der Waals surface area contributed by atoms with Gasteiger partial charge in [0.2, 0.25) is 0 Å². The Hall–Kier alpha value is -2.57. The highest BCUT2D eigenvalue weighted by atomic mass is 35.5. The molecule has 0 spiro atoms. The maximum absolute atomic E-state index is 6.50. The highest BCUT2D eigenvalue weighted by molar-refractivity contribution is 6.31. The number of anilines is 2. The molecule has 138 valence electrons. The number of nitrogens with one attached hydrogen (secondary N) is 1. The fraction of sp³-hybridized carbons (Fsp3) is 0.300. The molecule has 2 aliphatic rings. The summed E-state index contributed by atoms with van der Waals surface area (Å²) in [4.78, 5) is 11.1. The number of ether oxygens (including phenoxy) is 1. The van der Waals surface area contributed by atoms with Gasteiger partial charge in [-0.25, -0.2) is 9.97 Å². The van der Waals surface area contributed by atoms with Gasteiger partial charge in [0.25, 0.3) is 0 Å². The van der Waals surface area contributed by atoms with Crippen LogP contribution >= 0.6 is 11.6 Å². The van der Waals surface area contributed by atoms with E-state index in [9.17, 15) is 0 Å². The van der Waals surface area contributed by atoms with E-state index in [0.29, 0.717) is 11.2 Å². The minimum Gasteiger partial charge on any atom is -0.497 e. The van der Waals surface area contributed by atoms with E-state index in [1.54, 1.807) is 7.11 Å². The zero-order valence-electron chi connectivity index (χ0n) is 15.0. The summed E-state index contributed by atoms with van der Waals surface area (Å²) in [6, 6.07) is 12.8. The molecule has 27 heavy (non-hydrogen) atoms. The molecule has 0 saturated carbocycles. The quantitative estimate of drug-likeness (QED) is 0.698. The molecule has 1 saturated heterocycles. The summed E-state index contributed by atoms with van der Waals surface area (Å²) in [6.07, 6.45) is 5.87. The summed E-state index contributed by atoms with van der Waals surface area (Å²) in [5, 5.41) is 4.12. The standard InChI is InChI=1S/C20H20ClN5O/c1-27-14-8-6-13(7-9-14)26-17(15-4-2-10-22-15)16-5-3-11-25(16)18-19(21)23-12-24-20(18)26/h3,5-9,11-12,15,17,22H,2,4,10H2,1H3/t15-,17-/m0/s1. The second kappa shape index (κ2) is 6.55. The summed E-state index contributed by atoms with van der Waals surface area (Å²) in [5.41, 5.74) is 3.07. The SMILES string of the molecule is COc1ccc(N2c3ncnc(Cl)c3-n3cccc3[C@@H]2[C@@H]2CCCN2)cc1. The number of halogens is 1. The third-order valence-electron chi connectivity index (χ3n) is 5.42.